The molecule has 0 radical (unpaired) electrons. The molecule has 0 aliphatic rings. The molecule has 1 rings (SSSR count). The lowest BCUT2D eigenvalue weighted by molar-refractivity contribution is -0.138. The quantitative estimate of drug-likeness (QED) is 0.666. The maximum absolute atomic E-state index is 12.2. The van der Waals surface area contributed by atoms with Crippen molar-refractivity contribution >= 4 is 17.9 Å². The molecule has 1 heterocycles. The fourth-order valence-electron chi connectivity index (χ4n) is 0.791. The van der Waals surface area contributed by atoms with Crippen LogP contribution in [0.25, 0.3) is 0 Å². The zero-order chi connectivity index (χ0) is 10.1. The van der Waals surface area contributed by atoms with Crippen LogP contribution < -0.4 is 0 Å². The zero-order valence-electron chi connectivity index (χ0n) is 6.10. The number of carbonyl (C=O) groups excluding carboxylic acids is 1. The molecule has 0 saturated carbocycles. The molecule has 1 aromatic heterocycles. The predicted molar refractivity (Wildman–Crippen MR) is 39.6 cm³/mol. The molecule has 13 heavy (non-hydrogen) atoms. The second kappa shape index (κ2) is 3.33. The lowest BCUT2D eigenvalue weighted by atomic mass is 10.1. The summed E-state index contributed by atoms with van der Waals surface area (Å²) in [6, 6.07) is 0. The lowest BCUT2D eigenvalue weighted by Crippen LogP contribution is -2.09. The monoisotopic (exact) mass is 209 g/mol. The van der Waals surface area contributed by atoms with E-state index >= 15 is 0 Å². The SMILES string of the molecule is O=Cc1c(Cl)cncc1C(F)(F)F. The van der Waals surface area contributed by atoms with Gasteiger partial charge >= 0.3 is 6.18 Å². The van der Waals surface area contributed by atoms with E-state index in [-0.39, 0.29) is 11.3 Å². The zero-order valence-corrected chi connectivity index (χ0v) is 6.86. The van der Waals surface area contributed by atoms with Gasteiger partial charge in [-0.25, -0.2) is 0 Å². The summed E-state index contributed by atoms with van der Waals surface area (Å²) < 4.78 is 36.5. The van der Waals surface area contributed by atoms with Gasteiger partial charge in [0.05, 0.1) is 10.6 Å². The van der Waals surface area contributed by atoms with Gasteiger partial charge < -0.3 is 0 Å². The number of aldehydes is 1. The third-order valence-corrected chi connectivity index (χ3v) is 1.66. The average Bonchev–Trinajstić information content (AvgIpc) is 2.02. The van der Waals surface area contributed by atoms with Crippen molar-refractivity contribution in [2.75, 3.05) is 0 Å². The summed E-state index contributed by atoms with van der Waals surface area (Å²) in [5.41, 5.74) is -1.70. The molecular formula is C7H3ClF3NO. The van der Waals surface area contributed by atoms with E-state index in [9.17, 15) is 18.0 Å². The smallest absolute Gasteiger partial charge is 0.298 e. The topological polar surface area (TPSA) is 30.0 Å². The van der Waals surface area contributed by atoms with Crippen LogP contribution in [-0.2, 0) is 6.18 Å². The van der Waals surface area contributed by atoms with Gasteiger partial charge in [-0.05, 0) is 0 Å². The summed E-state index contributed by atoms with van der Waals surface area (Å²) >= 11 is 5.34. The van der Waals surface area contributed by atoms with Gasteiger partial charge in [-0.2, -0.15) is 13.2 Å². The third-order valence-electron chi connectivity index (χ3n) is 1.36. The number of nitrogens with zero attached hydrogens (tertiary/aromatic N) is 1. The standard InChI is InChI=1S/C7H3ClF3NO/c8-6-2-12-1-5(4(6)3-13)7(9,10)11/h1-3H. The molecule has 0 bridgehead atoms. The molecule has 0 fully saturated rings. The van der Waals surface area contributed by atoms with Crippen molar-refractivity contribution in [2.45, 2.75) is 6.18 Å². The first kappa shape index (κ1) is 9.98. The molecule has 0 amide bonds. The van der Waals surface area contributed by atoms with Crippen LogP contribution in [0.15, 0.2) is 12.4 Å². The van der Waals surface area contributed by atoms with E-state index in [2.05, 4.69) is 4.98 Å². The molecule has 0 spiro atoms. The summed E-state index contributed by atoms with van der Waals surface area (Å²) in [6.45, 7) is 0. The molecular weight excluding hydrogens is 207 g/mol. The first-order chi connectivity index (χ1) is 5.96. The van der Waals surface area contributed by atoms with Crippen LogP contribution >= 0.6 is 11.6 Å². The minimum atomic E-state index is -4.60. The molecule has 1 aromatic rings. The number of alkyl halides is 3. The fourth-order valence-corrected chi connectivity index (χ4v) is 0.993. The fraction of sp³-hybridized carbons (Fsp3) is 0.143. The van der Waals surface area contributed by atoms with Gasteiger partial charge in [0.15, 0.2) is 6.29 Å². The molecule has 6 heteroatoms. The van der Waals surface area contributed by atoms with Crippen LogP contribution in [0.1, 0.15) is 15.9 Å². The van der Waals surface area contributed by atoms with Gasteiger partial charge in [0.2, 0.25) is 0 Å². The van der Waals surface area contributed by atoms with E-state index in [0.717, 1.165) is 6.20 Å². The molecule has 0 unspecified atom stereocenters. The molecule has 70 valence electrons. The van der Waals surface area contributed by atoms with Crippen LogP contribution in [0.3, 0.4) is 0 Å². The minimum absolute atomic E-state index is 0.0623. The summed E-state index contributed by atoms with van der Waals surface area (Å²) in [5.74, 6) is 0. The van der Waals surface area contributed by atoms with Gasteiger partial charge in [0.25, 0.3) is 0 Å². The van der Waals surface area contributed by atoms with E-state index < -0.39 is 17.3 Å². The van der Waals surface area contributed by atoms with E-state index in [4.69, 9.17) is 11.6 Å². The maximum atomic E-state index is 12.2. The molecule has 0 aromatic carbocycles. The molecule has 0 aliphatic carbocycles. The summed E-state index contributed by atoms with van der Waals surface area (Å²) in [6.07, 6.45) is -2.99. The highest BCUT2D eigenvalue weighted by Crippen LogP contribution is 2.33. The highest BCUT2D eigenvalue weighted by atomic mass is 35.5. The van der Waals surface area contributed by atoms with Crippen molar-refractivity contribution in [3.63, 3.8) is 0 Å². The number of hydrogen-bond donors (Lipinski definition) is 0. The Balaban J connectivity index is 3.37. The number of hydrogen-bond acceptors (Lipinski definition) is 2. The summed E-state index contributed by atoms with van der Waals surface area (Å²) in [5, 5.41) is -0.301. The molecule has 0 aliphatic heterocycles. The summed E-state index contributed by atoms with van der Waals surface area (Å²) in [7, 11) is 0. The number of pyridine rings is 1. The number of rotatable bonds is 1. The second-order valence-corrected chi connectivity index (χ2v) is 2.61. The molecule has 2 nitrogen and oxygen atoms in total. The van der Waals surface area contributed by atoms with E-state index in [1.165, 1.54) is 0 Å². The van der Waals surface area contributed by atoms with Gasteiger partial charge in [0, 0.05) is 18.0 Å². The second-order valence-electron chi connectivity index (χ2n) is 2.20. The van der Waals surface area contributed by atoms with Crippen LogP contribution in [0.4, 0.5) is 13.2 Å². The Morgan fingerprint density at radius 1 is 1.38 bits per heavy atom. The Bertz CT molecular complexity index is 337. The first-order valence-electron chi connectivity index (χ1n) is 3.12. The van der Waals surface area contributed by atoms with Crippen molar-refractivity contribution in [1.29, 1.82) is 0 Å². The van der Waals surface area contributed by atoms with Gasteiger partial charge in [-0.15, -0.1) is 0 Å². The van der Waals surface area contributed by atoms with Crippen LogP contribution in [0.2, 0.25) is 5.02 Å². The Morgan fingerprint density at radius 3 is 2.38 bits per heavy atom. The molecule has 0 N–H and O–H groups in total. The van der Waals surface area contributed by atoms with Crippen molar-refractivity contribution in [3.8, 4) is 0 Å². The van der Waals surface area contributed by atoms with E-state index in [1.807, 2.05) is 0 Å². The van der Waals surface area contributed by atoms with Crippen molar-refractivity contribution in [1.82, 2.24) is 4.98 Å². The van der Waals surface area contributed by atoms with E-state index in [0.29, 0.717) is 6.20 Å². The Labute approximate surface area is 76.3 Å². The maximum Gasteiger partial charge on any atom is 0.418 e. The van der Waals surface area contributed by atoms with Crippen molar-refractivity contribution < 1.29 is 18.0 Å². The highest BCUT2D eigenvalue weighted by molar-refractivity contribution is 6.32. The van der Waals surface area contributed by atoms with Crippen LogP contribution in [0.5, 0.6) is 0 Å². The highest BCUT2D eigenvalue weighted by Gasteiger charge is 2.34. The molecule has 0 atom stereocenters. The number of aromatic nitrogens is 1. The van der Waals surface area contributed by atoms with Crippen molar-refractivity contribution in [3.05, 3.63) is 28.5 Å². The Kier molecular flexibility index (Phi) is 2.56. The Morgan fingerprint density at radius 2 is 2.00 bits per heavy atom. The Hall–Kier alpha value is -1.10. The van der Waals surface area contributed by atoms with Crippen LogP contribution in [0, 0.1) is 0 Å². The van der Waals surface area contributed by atoms with Gasteiger partial charge in [-0.3, -0.25) is 9.78 Å². The van der Waals surface area contributed by atoms with Crippen LogP contribution in [-0.4, -0.2) is 11.3 Å². The summed E-state index contributed by atoms with van der Waals surface area (Å²) in [4.78, 5) is 13.5. The van der Waals surface area contributed by atoms with E-state index in [1.54, 1.807) is 0 Å². The predicted octanol–water partition coefficient (Wildman–Crippen LogP) is 2.57. The normalized spacial score (nSPS) is 11.4. The number of carbonyl (C=O) groups is 1. The number of halogens is 4. The lowest BCUT2D eigenvalue weighted by Gasteiger charge is -2.08. The van der Waals surface area contributed by atoms with Gasteiger partial charge in [0.1, 0.15) is 0 Å². The average molecular weight is 210 g/mol. The largest absolute Gasteiger partial charge is 0.418 e. The third kappa shape index (κ3) is 1.98. The van der Waals surface area contributed by atoms with Gasteiger partial charge in [-0.1, -0.05) is 11.6 Å². The molecule has 0 saturated heterocycles. The van der Waals surface area contributed by atoms with Crippen molar-refractivity contribution in [2.24, 2.45) is 0 Å². The minimum Gasteiger partial charge on any atom is -0.298 e. The first-order valence-corrected chi connectivity index (χ1v) is 3.50.